The molecule has 0 unspecified atom stereocenters. The molecule has 7 heteroatoms. The van der Waals surface area contributed by atoms with Crippen LogP contribution in [0, 0.1) is 0 Å². The first-order valence-electron chi connectivity index (χ1n) is 2.82. The molecule has 0 spiro atoms. The molecule has 0 bridgehead atoms. The maximum absolute atomic E-state index is 10.8. The Labute approximate surface area is 64.9 Å². The highest BCUT2D eigenvalue weighted by molar-refractivity contribution is 7.85. The van der Waals surface area contributed by atoms with Crippen molar-refractivity contribution in [2.45, 2.75) is 0 Å². The molecule has 0 aromatic carbocycles. The van der Waals surface area contributed by atoms with E-state index >= 15 is 0 Å². The summed E-state index contributed by atoms with van der Waals surface area (Å²) in [6.07, 6.45) is 0.829. The van der Waals surface area contributed by atoms with Crippen molar-refractivity contribution in [2.24, 2.45) is 0 Å². The van der Waals surface area contributed by atoms with E-state index in [9.17, 15) is 8.42 Å². The molecule has 0 rings (SSSR count). The van der Waals surface area contributed by atoms with Crippen LogP contribution in [0.1, 0.15) is 0 Å². The predicted octanol–water partition coefficient (Wildman–Crippen LogP) is -2.39. The van der Waals surface area contributed by atoms with Gasteiger partial charge in [-0.3, -0.25) is 0 Å². The Balaban J connectivity index is 4.86. The van der Waals surface area contributed by atoms with Gasteiger partial charge in [-0.15, -0.1) is 0 Å². The van der Waals surface area contributed by atoms with Crippen molar-refractivity contribution in [3.8, 4) is 0 Å². The highest BCUT2D eigenvalue weighted by Crippen LogP contribution is 2.09. The monoisotopic (exact) mass is 186 g/mol. The van der Waals surface area contributed by atoms with Gasteiger partial charge in [-0.2, -0.15) is 12.3 Å². The lowest BCUT2D eigenvalue weighted by atomic mass is 10.9. The normalized spacial score (nSPS) is 13.5. The molecule has 0 atom stereocenters. The highest BCUT2D eigenvalue weighted by atomic mass is 32.2. The van der Waals surface area contributed by atoms with Gasteiger partial charge in [-0.1, -0.05) is 0 Å². The number of aliphatic hydroxyl groups excluding tert-OH is 3. The molecule has 0 aliphatic heterocycles. The summed E-state index contributed by atoms with van der Waals surface area (Å²) in [4.78, 5) is 0. The molecule has 0 saturated carbocycles. The SMILES string of the molecule is CS(=O)(=O)[N+](CO)(CO)CO. The Kier molecular flexibility index (Phi) is 3.39. The molecule has 0 aromatic heterocycles. The highest BCUT2D eigenvalue weighted by Gasteiger charge is 2.36. The van der Waals surface area contributed by atoms with E-state index in [4.69, 9.17) is 15.3 Å². The van der Waals surface area contributed by atoms with Gasteiger partial charge in [0.2, 0.25) is 0 Å². The molecule has 6 nitrogen and oxygen atoms in total. The average Bonchev–Trinajstić information content (AvgIpc) is 1.90. The fourth-order valence-electron chi connectivity index (χ4n) is 0.449. The fourth-order valence-corrected chi connectivity index (χ4v) is 1.08. The maximum atomic E-state index is 10.8. The number of nitrogens with zero attached hydrogens (tertiary/aromatic N) is 1. The molecular weight excluding hydrogens is 174 g/mol. The third-order valence-electron chi connectivity index (χ3n) is 1.48. The van der Waals surface area contributed by atoms with E-state index in [2.05, 4.69) is 0 Å². The fraction of sp³-hybridized carbons (Fsp3) is 1.00. The van der Waals surface area contributed by atoms with Gasteiger partial charge in [0.05, 0.1) is 6.26 Å². The molecule has 3 N–H and O–H groups in total. The van der Waals surface area contributed by atoms with Crippen LogP contribution >= 0.6 is 0 Å². The predicted molar refractivity (Wildman–Crippen MR) is 36.4 cm³/mol. The van der Waals surface area contributed by atoms with Crippen LogP contribution in [-0.4, -0.2) is 54.1 Å². The number of hydrogen-bond donors (Lipinski definition) is 3. The van der Waals surface area contributed by atoms with Gasteiger partial charge < -0.3 is 15.3 Å². The quantitative estimate of drug-likeness (QED) is 0.336. The zero-order valence-electron chi connectivity index (χ0n) is 6.13. The number of hydrogen-bond acceptors (Lipinski definition) is 5. The van der Waals surface area contributed by atoms with E-state index in [0.717, 1.165) is 6.26 Å². The van der Waals surface area contributed by atoms with Gasteiger partial charge in [-0.25, -0.2) is 0 Å². The number of rotatable bonds is 4. The van der Waals surface area contributed by atoms with Crippen molar-refractivity contribution in [3.63, 3.8) is 0 Å². The van der Waals surface area contributed by atoms with E-state index in [-0.39, 0.29) is 0 Å². The van der Waals surface area contributed by atoms with Crippen LogP contribution in [0.25, 0.3) is 0 Å². The van der Waals surface area contributed by atoms with Gasteiger partial charge in [0, 0.05) is 0 Å². The number of aliphatic hydroxyl groups is 3. The summed E-state index contributed by atoms with van der Waals surface area (Å²) < 4.78 is 20.5. The Morgan fingerprint density at radius 1 is 1.09 bits per heavy atom. The van der Waals surface area contributed by atoms with Crippen molar-refractivity contribution in [3.05, 3.63) is 0 Å². The third-order valence-corrected chi connectivity index (χ3v) is 3.23. The molecule has 0 fully saturated rings. The van der Waals surface area contributed by atoms with Gasteiger partial charge in [0.25, 0.3) is 10.0 Å². The van der Waals surface area contributed by atoms with Gasteiger partial charge >= 0.3 is 0 Å². The first-order chi connectivity index (χ1) is 4.93. The minimum Gasteiger partial charge on any atom is -0.346 e. The molecule has 0 saturated heterocycles. The topological polar surface area (TPSA) is 94.8 Å². The summed E-state index contributed by atoms with van der Waals surface area (Å²) in [5.74, 6) is 0. The summed E-state index contributed by atoms with van der Waals surface area (Å²) in [6, 6.07) is 0. The third kappa shape index (κ3) is 1.88. The molecule has 0 aromatic rings. The Morgan fingerprint density at radius 3 is 1.36 bits per heavy atom. The maximum Gasteiger partial charge on any atom is 0.299 e. The summed E-state index contributed by atoms with van der Waals surface area (Å²) in [7, 11) is -3.69. The smallest absolute Gasteiger partial charge is 0.299 e. The van der Waals surface area contributed by atoms with Gasteiger partial charge in [0.15, 0.2) is 20.2 Å². The van der Waals surface area contributed by atoms with Crippen LogP contribution in [0.4, 0.5) is 0 Å². The van der Waals surface area contributed by atoms with Crippen LogP contribution in [0.5, 0.6) is 0 Å². The first-order valence-corrected chi connectivity index (χ1v) is 4.67. The Hall–Kier alpha value is -0.210. The second kappa shape index (κ2) is 3.46. The zero-order valence-corrected chi connectivity index (χ0v) is 6.95. The minimum absolute atomic E-state index is 0.829. The molecule has 0 aliphatic carbocycles. The molecule has 0 radical (unpaired) electrons. The number of sulfonamides is 1. The van der Waals surface area contributed by atoms with E-state index in [1.165, 1.54) is 0 Å². The Morgan fingerprint density at radius 2 is 1.36 bits per heavy atom. The van der Waals surface area contributed by atoms with Crippen molar-refractivity contribution < 1.29 is 27.6 Å². The Bertz CT molecular complexity index is 198. The van der Waals surface area contributed by atoms with Crippen molar-refractivity contribution in [1.82, 2.24) is 0 Å². The minimum atomic E-state index is -3.69. The van der Waals surface area contributed by atoms with Crippen LogP contribution in [0.2, 0.25) is 0 Å². The zero-order chi connectivity index (χ0) is 9.12. The summed E-state index contributed by atoms with van der Waals surface area (Å²) in [5, 5.41) is 25.8. The first kappa shape index (κ1) is 10.8. The second-order valence-corrected chi connectivity index (χ2v) is 4.46. The van der Waals surface area contributed by atoms with Gasteiger partial charge in [-0.05, 0) is 0 Å². The molecule has 0 heterocycles. The molecule has 0 amide bonds. The van der Waals surface area contributed by atoms with E-state index < -0.39 is 34.1 Å². The molecule has 11 heavy (non-hydrogen) atoms. The second-order valence-electron chi connectivity index (χ2n) is 2.22. The van der Waals surface area contributed by atoms with Crippen molar-refractivity contribution in [1.29, 1.82) is 0 Å². The van der Waals surface area contributed by atoms with Crippen LogP contribution < -0.4 is 0 Å². The molecule has 0 aliphatic rings. The van der Waals surface area contributed by atoms with E-state index in [1.54, 1.807) is 0 Å². The lowest BCUT2D eigenvalue weighted by molar-refractivity contribution is -0.865. The number of quaternary nitrogens is 1. The lowest BCUT2D eigenvalue weighted by Gasteiger charge is -2.28. The molecule has 68 valence electrons. The van der Waals surface area contributed by atoms with Crippen LogP contribution in [0.15, 0.2) is 0 Å². The summed E-state index contributed by atoms with van der Waals surface area (Å²) >= 11 is 0. The average molecular weight is 186 g/mol. The standard InChI is InChI=1S/C4H12NO5S/c1-11(9,10)5(2-6,3-7)4-8/h6-8H,2-4H2,1H3/q+1. The van der Waals surface area contributed by atoms with E-state index in [0.29, 0.717) is 0 Å². The summed E-state index contributed by atoms with van der Waals surface area (Å²) in [6.45, 7) is -2.52. The van der Waals surface area contributed by atoms with Crippen molar-refractivity contribution >= 4 is 10.0 Å². The molecular formula is C4H12NO5S+. The van der Waals surface area contributed by atoms with Gasteiger partial charge in [0.1, 0.15) is 0 Å². The lowest BCUT2D eigenvalue weighted by Crippen LogP contribution is -2.53. The van der Waals surface area contributed by atoms with E-state index in [1.807, 2.05) is 0 Å². The summed E-state index contributed by atoms with van der Waals surface area (Å²) in [5.41, 5.74) is 0. The van der Waals surface area contributed by atoms with Crippen LogP contribution in [-0.2, 0) is 10.0 Å². The van der Waals surface area contributed by atoms with Crippen LogP contribution in [0.3, 0.4) is 0 Å². The largest absolute Gasteiger partial charge is 0.346 e. The van der Waals surface area contributed by atoms with Crippen molar-refractivity contribution in [2.75, 3.05) is 26.4 Å².